The maximum atomic E-state index is 11.5. The molecule has 2 aliphatic heterocycles. The third kappa shape index (κ3) is 3.17. The second-order valence-electron chi connectivity index (χ2n) is 6.77. The number of hydrogen-bond acceptors (Lipinski definition) is 6. The first-order valence-electron chi connectivity index (χ1n) is 8.95. The fourth-order valence-electron chi connectivity index (χ4n) is 3.62. The molecule has 4 heterocycles. The zero-order chi connectivity index (χ0) is 18.1. The molecule has 0 amide bonds. The topological polar surface area (TPSA) is 101 Å². The third-order valence-corrected chi connectivity index (χ3v) is 4.95. The quantitative estimate of drug-likeness (QED) is 0.861. The highest BCUT2D eigenvalue weighted by molar-refractivity contribution is 5.90. The zero-order valence-electron chi connectivity index (χ0n) is 14.4. The summed E-state index contributed by atoms with van der Waals surface area (Å²) >= 11 is 0. The summed E-state index contributed by atoms with van der Waals surface area (Å²) in [6.07, 6.45) is 6.18. The van der Waals surface area contributed by atoms with Crippen molar-refractivity contribution in [1.82, 2.24) is 14.8 Å². The summed E-state index contributed by atoms with van der Waals surface area (Å²) in [5.41, 5.74) is 1.61. The van der Waals surface area contributed by atoms with Gasteiger partial charge in [0.05, 0.1) is 17.4 Å². The van der Waals surface area contributed by atoms with Crippen LogP contribution in [0.25, 0.3) is 11.3 Å². The molecule has 0 aliphatic carbocycles. The molecule has 2 aromatic rings. The monoisotopic (exact) mass is 358 g/mol. The van der Waals surface area contributed by atoms with Crippen molar-refractivity contribution in [2.45, 2.75) is 38.0 Å². The van der Waals surface area contributed by atoms with Crippen LogP contribution in [-0.4, -0.2) is 56.7 Å². The fraction of sp³-hybridized carbons (Fsp3) is 0.500. The molecule has 2 saturated heterocycles. The first kappa shape index (κ1) is 17.0. The minimum atomic E-state index is -1.02. The van der Waals surface area contributed by atoms with Crippen molar-refractivity contribution >= 4 is 11.8 Å². The number of nitrogens with zero attached hydrogens (tertiary/aromatic N) is 4. The normalized spacial score (nSPS) is 23.3. The first-order valence-corrected chi connectivity index (χ1v) is 8.95. The number of aliphatic hydroxyl groups is 1. The van der Waals surface area contributed by atoms with Crippen LogP contribution in [0, 0.1) is 0 Å². The number of rotatable bonds is 4. The van der Waals surface area contributed by atoms with Crippen LogP contribution in [0.3, 0.4) is 0 Å². The van der Waals surface area contributed by atoms with E-state index in [0.717, 1.165) is 25.0 Å². The Bertz CT molecular complexity index is 800. The number of ether oxygens (including phenoxy) is 1. The summed E-state index contributed by atoms with van der Waals surface area (Å²) in [5, 5.41) is 23.7. The fourth-order valence-corrected chi connectivity index (χ4v) is 3.62. The average Bonchev–Trinajstić information content (AvgIpc) is 3.31. The van der Waals surface area contributed by atoms with E-state index in [4.69, 9.17) is 4.74 Å². The predicted octanol–water partition coefficient (Wildman–Crippen LogP) is 1.91. The van der Waals surface area contributed by atoms with Gasteiger partial charge in [-0.15, -0.1) is 0 Å². The molecule has 2 fully saturated rings. The minimum absolute atomic E-state index is 0.126. The molecule has 138 valence electrons. The molecule has 2 atom stereocenters. The Balaban J connectivity index is 1.78. The largest absolute Gasteiger partial charge is 0.478 e. The first-order chi connectivity index (χ1) is 12.6. The molecule has 2 aromatic heterocycles. The van der Waals surface area contributed by atoms with Crippen molar-refractivity contribution in [3.63, 3.8) is 0 Å². The Kier molecular flexibility index (Phi) is 4.60. The Labute approximate surface area is 151 Å². The van der Waals surface area contributed by atoms with Gasteiger partial charge in [-0.1, -0.05) is 0 Å². The summed E-state index contributed by atoms with van der Waals surface area (Å²) in [7, 11) is 0. The van der Waals surface area contributed by atoms with Crippen LogP contribution >= 0.6 is 0 Å². The second-order valence-corrected chi connectivity index (χ2v) is 6.77. The van der Waals surface area contributed by atoms with Gasteiger partial charge in [0.15, 0.2) is 6.23 Å². The summed E-state index contributed by atoms with van der Waals surface area (Å²) < 4.78 is 7.67. The van der Waals surface area contributed by atoms with Crippen LogP contribution in [0.2, 0.25) is 0 Å². The lowest BCUT2D eigenvalue weighted by molar-refractivity contribution is -0.0383. The number of anilines is 1. The number of hydrogen-bond donors (Lipinski definition) is 2. The van der Waals surface area contributed by atoms with Gasteiger partial charge < -0.3 is 19.8 Å². The van der Waals surface area contributed by atoms with Crippen LogP contribution in [0.4, 0.5) is 5.82 Å². The number of carboxylic acid groups (broad SMARTS) is 1. The van der Waals surface area contributed by atoms with E-state index < -0.39 is 12.1 Å². The summed E-state index contributed by atoms with van der Waals surface area (Å²) in [6.45, 7) is 1.87. The Morgan fingerprint density at radius 2 is 2.19 bits per heavy atom. The van der Waals surface area contributed by atoms with Crippen molar-refractivity contribution < 1.29 is 19.7 Å². The molecule has 0 bridgehead atoms. The van der Waals surface area contributed by atoms with Gasteiger partial charge in [-0.25, -0.2) is 14.5 Å². The molecule has 2 unspecified atom stereocenters. The van der Waals surface area contributed by atoms with Crippen LogP contribution in [0.1, 0.15) is 42.3 Å². The Morgan fingerprint density at radius 1 is 1.31 bits per heavy atom. The van der Waals surface area contributed by atoms with Crippen molar-refractivity contribution in [2.24, 2.45) is 0 Å². The van der Waals surface area contributed by atoms with E-state index in [-0.39, 0.29) is 11.8 Å². The highest BCUT2D eigenvalue weighted by Crippen LogP contribution is 2.34. The Morgan fingerprint density at radius 3 is 2.88 bits per heavy atom. The van der Waals surface area contributed by atoms with E-state index in [9.17, 15) is 15.0 Å². The molecule has 8 nitrogen and oxygen atoms in total. The molecule has 0 saturated carbocycles. The van der Waals surface area contributed by atoms with Gasteiger partial charge in [-0.05, 0) is 37.8 Å². The van der Waals surface area contributed by atoms with E-state index in [1.54, 1.807) is 12.3 Å². The van der Waals surface area contributed by atoms with Gasteiger partial charge in [0, 0.05) is 37.7 Å². The lowest BCUT2D eigenvalue weighted by Crippen LogP contribution is -2.24. The molecule has 4 rings (SSSR count). The number of carbonyl (C=O) groups is 1. The average molecular weight is 358 g/mol. The van der Waals surface area contributed by atoms with Crippen LogP contribution < -0.4 is 4.90 Å². The van der Waals surface area contributed by atoms with Crippen LogP contribution in [0.15, 0.2) is 24.5 Å². The standard InChI is InChI=1S/C18H22N4O4/c23-13-5-7-21(11-13)17-14(9-12(10-19-17)18(24)25)15-4-6-20-22(15)16-3-1-2-8-26-16/h4,6,9-10,13,16,23H,1-3,5,7-8,11H2,(H,24,25). The van der Waals surface area contributed by atoms with E-state index in [1.165, 1.54) is 6.20 Å². The van der Waals surface area contributed by atoms with Gasteiger partial charge in [0.2, 0.25) is 0 Å². The maximum Gasteiger partial charge on any atom is 0.337 e. The highest BCUT2D eigenvalue weighted by Gasteiger charge is 2.27. The molecule has 2 aliphatic rings. The van der Waals surface area contributed by atoms with Crippen molar-refractivity contribution in [1.29, 1.82) is 0 Å². The molecule has 0 spiro atoms. The molecular formula is C18H22N4O4. The summed E-state index contributed by atoms with van der Waals surface area (Å²) in [4.78, 5) is 17.9. The van der Waals surface area contributed by atoms with E-state index in [1.807, 2.05) is 15.6 Å². The zero-order valence-corrected chi connectivity index (χ0v) is 14.4. The molecule has 8 heteroatoms. The number of aliphatic hydroxyl groups excluding tert-OH is 1. The number of pyridine rings is 1. The molecule has 0 aromatic carbocycles. The number of aromatic carboxylic acids is 1. The second kappa shape index (κ2) is 7.05. The molecule has 26 heavy (non-hydrogen) atoms. The summed E-state index contributed by atoms with van der Waals surface area (Å²) in [5.74, 6) is -0.351. The molecule has 0 radical (unpaired) electrons. The van der Waals surface area contributed by atoms with Gasteiger partial charge in [0.25, 0.3) is 0 Å². The SMILES string of the molecule is O=C(O)c1cnc(N2CCC(O)C2)c(-c2ccnn2C2CCCCO2)c1. The lowest BCUT2D eigenvalue weighted by atomic mass is 10.1. The number of β-amino-alcohol motifs (C(OH)–C–C–N with tert-alkyl or cyclic N) is 1. The smallest absolute Gasteiger partial charge is 0.337 e. The maximum absolute atomic E-state index is 11.5. The van der Waals surface area contributed by atoms with Crippen molar-refractivity contribution in [3.05, 3.63) is 30.1 Å². The van der Waals surface area contributed by atoms with E-state index in [2.05, 4.69) is 10.1 Å². The van der Waals surface area contributed by atoms with Crippen molar-refractivity contribution in [2.75, 3.05) is 24.6 Å². The Hall–Kier alpha value is -2.45. The van der Waals surface area contributed by atoms with Crippen LogP contribution in [-0.2, 0) is 4.74 Å². The number of carboxylic acids is 1. The number of aromatic nitrogens is 3. The van der Waals surface area contributed by atoms with Crippen LogP contribution in [0.5, 0.6) is 0 Å². The van der Waals surface area contributed by atoms with Gasteiger partial charge in [0.1, 0.15) is 5.82 Å². The minimum Gasteiger partial charge on any atom is -0.478 e. The molecular weight excluding hydrogens is 336 g/mol. The van der Waals surface area contributed by atoms with Gasteiger partial charge in [-0.3, -0.25) is 0 Å². The predicted molar refractivity (Wildman–Crippen MR) is 94.1 cm³/mol. The van der Waals surface area contributed by atoms with Gasteiger partial charge in [-0.2, -0.15) is 5.10 Å². The summed E-state index contributed by atoms with van der Waals surface area (Å²) in [6, 6.07) is 3.49. The van der Waals surface area contributed by atoms with Gasteiger partial charge >= 0.3 is 5.97 Å². The lowest BCUT2D eigenvalue weighted by Gasteiger charge is -2.26. The van der Waals surface area contributed by atoms with E-state index >= 15 is 0 Å². The van der Waals surface area contributed by atoms with Crippen molar-refractivity contribution in [3.8, 4) is 11.3 Å². The highest BCUT2D eigenvalue weighted by atomic mass is 16.5. The third-order valence-electron chi connectivity index (χ3n) is 4.95. The molecule has 2 N–H and O–H groups in total. The van der Waals surface area contributed by atoms with E-state index in [0.29, 0.717) is 37.5 Å².